The molecule has 1 aliphatic rings. The average molecular weight is 450 g/mol. The minimum absolute atomic E-state index is 0.0753. The third-order valence-electron chi connectivity index (χ3n) is 4.88. The summed E-state index contributed by atoms with van der Waals surface area (Å²) < 4.78 is 33.4. The number of ketones is 1. The average Bonchev–Trinajstić information content (AvgIpc) is 3.39. The van der Waals surface area contributed by atoms with Gasteiger partial charge in [0.25, 0.3) is 0 Å². The molecule has 0 spiro atoms. The smallest absolute Gasteiger partial charge is 0.387 e. The first-order valence-corrected chi connectivity index (χ1v) is 9.90. The topological polar surface area (TPSA) is 82.2 Å². The maximum Gasteiger partial charge on any atom is 0.387 e. The number of nitrogens with zero attached hydrogens (tertiary/aromatic N) is 5. The van der Waals surface area contributed by atoms with Crippen molar-refractivity contribution in [2.24, 2.45) is 0 Å². The van der Waals surface area contributed by atoms with Crippen LogP contribution < -0.4 is 4.74 Å². The van der Waals surface area contributed by atoms with Crippen molar-refractivity contribution in [2.75, 3.05) is 13.1 Å². The fraction of sp³-hybridized carbons (Fsp3) is 0.300. The number of hydrogen-bond donors (Lipinski definition) is 0. The lowest BCUT2D eigenvalue weighted by Crippen LogP contribution is -2.40. The lowest BCUT2D eigenvalue weighted by atomic mass is 10.1. The van der Waals surface area contributed by atoms with E-state index in [0.29, 0.717) is 36.6 Å². The van der Waals surface area contributed by atoms with Crippen LogP contribution in [0.15, 0.2) is 42.9 Å². The van der Waals surface area contributed by atoms with E-state index in [1.807, 2.05) is 0 Å². The van der Waals surface area contributed by atoms with E-state index in [0.717, 1.165) is 0 Å². The molecular weight excluding hydrogens is 432 g/mol. The zero-order valence-electron chi connectivity index (χ0n) is 16.2. The van der Waals surface area contributed by atoms with E-state index in [9.17, 15) is 18.4 Å². The number of aromatic nitrogens is 4. The molecular formula is C20H18ClF2N5O3. The van der Waals surface area contributed by atoms with Gasteiger partial charge in [0, 0.05) is 48.9 Å². The van der Waals surface area contributed by atoms with E-state index in [1.54, 1.807) is 29.6 Å². The summed E-state index contributed by atoms with van der Waals surface area (Å²) in [6.45, 7) is -2.36. The summed E-state index contributed by atoms with van der Waals surface area (Å²) in [7, 11) is 0. The Morgan fingerprint density at radius 3 is 2.71 bits per heavy atom. The molecule has 3 aromatic rings. The first-order valence-electron chi connectivity index (χ1n) is 9.52. The molecule has 1 saturated heterocycles. The molecule has 0 radical (unpaired) electrons. The normalized spacial score (nSPS) is 14.3. The molecule has 1 amide bonds. The summed E-state index contributed by atoms with van der Waals surface area (Å²) in [6, 6.07) is 5.95. The van der Waals surface area contributed by atoms with Crippen LogP contribution in [0.3, 0.4) is 0 Å². The Labute approximate surface area is 181 Å². The molecule has 1 aromatic carbocycles. The van der Waals surface area contributed by atoms with Crippen LogP contribution in [0.25, 0.3) is 16.9 Å². The number of rotatable bonds is 6. The number of halogens is 3. The number of benzene rings is 1. The van der Waals surface area contributed by atoms with Gasteiger partial charge in [0.1, 0.15) is 29.5 Å². The zero-order valence-corrected chi connectivity index (χ0v) is 17.0. The van der Waals surface area contributed by atoms with Gasteiger partial charge in [-0.2, -0.15) is 19.0 Å². The Morgan fingerprint density at radius 2 is 2.03 bits per heavy atom. The molecule has 0 aliphatic carbocycles. The van der Waals surface area contributed by atoms with Gasteiger partial charge in [0.2, 0.25) is 5.91 Å². The Bertz CT molecular complexity index is 1090. The maximum absolute atomic E-state index is 12.9. The third kappa shape index (κ3) is 4.74. The molecule has 0 bridgehead atoms. The Balaban J connectivity index is 1.70. The monoisotopic (exact) mass is 449 g/mol. The quantitative estimate of drug-likeness (QED) is 0.577. The highest BCUT2D eigenvalue weighted by molar-refractivity contribution is 6.31. The van der Waals surface area contributed by atoms with Crippen LogP contribution in [0.2, 0.25) is 5.02 Å². The van der Waals surface area contributed by atoms with Crippen molar-refractivity contribution in [3.05, 3.63) is 47.9 Å². The van der Waals surface area contributed by atoms with Crippen LogP contribution >= 0.6 is 11.6 Å². The molecule has 1 aliphatic heterocycles. The van der Waals surface area contributed by atoms with E-state index < -0.39 is 6.61 Å². The standard InChI is InChI=1S/C20H18ClF2N5O3/c21-13-2-3-17(31-20(22)23)15(10-13)19-16(28-7-1-6-24-28)11-27(25-19)12-18(30)26-8-4-14(29)5-9-26/h1-3,6-7,10-11,20H,4-5,8-9,12H2. The summed E-state index contributed by atoms with van der Waals surface area (Å²) in [5, 5.41) is 8.95. The second-order valence-electron chi connectivity index (χ2n) is 6.95. The van der Waals surface area contributed by atoms with Gasteiger partial charge in [0.15, 0.2) is 0 Å². The molecule has 0 atom stereocenters. The number of ether oxygens (including phenoxy) is 1. The van der Waals surface area contributed by atoms with Crippen molar-refractivity contribution in [3.8, 4) is 22.7 Å². The minimum atomic E-state index is -3.03. The Hall–Kier alpha value is -3.27. The predicted octanol–water partition coefficient (Wildman–Crippen LogP) is 3.18. The van der Waals surface area contributed by atoms with Crippen molar-refractivity contribution in [3.63, 3.8) is 0 Å². The third-order valence-corrected chi connectivity index (χ3v) is 5.11. The van der Waals surface area contributed by atoms with Gasteiger partial charge >= 0.3 is 6.61 Å². The number of Topliss-reactive ketones (excluding diaryl/α,β-unsaturated/α-hetero) is 1. The number of amides is 1. The predicted molar refractivity (Wildman–Crippen MR) is 107 cm³/mol. The van der Waals surface area contributed by atoms with Gasteiger partial charge in [-0.25, -0.2) is 4.68 Å². The number of carbonyl (C=O) groups excluding carboxylic acids is 2. The zero-order chi connectivity index (χ0) is 22.0. The number of carbonyl (C=O) groups is 2. The van der Waals surface area contributed by atoms with Crippen molar-refractivity contribution >= 4 is 23.3 Å². The fourth-order valence-electron chi connectivity index (χ4n) is 3.39. The SMILES string of the molecule is O=C1CCN(C(=O)Cn2cc(-n3cccn3)c(-c3cc(Cl)ccc3OC(F)F)n2)CC1. The second-order valence-corrected chi connectivity index (χ2v) is 7.39. The van der Waals surface area contributed by atoms with Crippen molar-refractivity contribution < 1.29 is 23.1 Å². The van der Waals surface area contributed by atoms with Gasteiger partial charge in [-0.1, -0.05) is 11.6 Å². The molecule has 162 valence electrons. The van der Waals surface area contributed by atoms with E-state index in [-0.39, 0.29) is 35.2 Å². The molecule has 0 saturated carbocycles. The summed E-state index contributed by atoms with van der Waals surface area (Å²) in [5.41, 5.74) is 0.990. The van der Waals surface area contributed by atoms with E-state index in [1.165, 1.54) is 27.6 Å². The first kappa shape index (κ1) is 21.0. The molecule has 8 nitrogen and oxygen atoms in total. The van der Waals surface area contributed by atoms with Gasteiger partial charge in [-0.05, 0) is 24.3 Å². The number of likely N-dealkylation sites (tertiary alicyclic amines) is 1. The largest absolute Gasteiger partial charge is 0.434 e. The highest BCUT2D eigenvalue weighted by Crippen LogP contribution is 2.36. The summed E-state index contributed by atoms with van der Waals surface area (Å²) >= 11 is 6.10. The van der Waals surface area contributed by atoms with Crippen LogP contribution in [-0.4, -0.2) is 55.9 Å². The van der Waals surface area contributed by atoms with Crippen LogP contribution in [0.1, 0.15) is 12.8 Å². The van der Waals surface area contributed by atoms with Gasteiger partial charge < -0.3 is 9.64 Å². The van der Waals surface area contributed by atoms with E-state index in [4.69, 9.17) is 11.6 Å². The highest BCUT2D eigenvalue weighted by atomic mass is 35.5. The molecule has 0 unspecified atom stereocenters. The molecule has 2 aromatic heterocycles. The van der Waals surface area contributed by atoms with Crippen molar-refractivity contribution in [2.45, 2.75) is 26.0 Å². The van der Waals surface area contributed by atoms with Crippen LogP contribution in [0.4, 0.5) is 8.78 Å². The van der Waals surface area contributed by atoms with E-state index >= 15 is 0 Å². The van der Waals surface area contributed by atoms with Crippen molar-refractivity contribution in [1.82, 2.24) is 24.5 Å². The van der Waals surface area contributed by atoms with Crippen molar-refractivity contribution in [1.29, 1.82) is 0 Å². The number of hydrogen-bond acceptors (Lipinski definition) is 5. The summed E-state index contributed by atoms with van der Waals surface area (Å²) in [4.78, 5) is 25.7. The minimum Gasteiger partial charge on any atom is -0.434 e. The lowest BCUT2D eigenvalue weighted by molar-refractivity contribution is -0.135. The van der Waals surface area contributed by atoms with Gasteiger partial charge in [-0.15, -0.1) is 0 Å². The van der Waals surface area contributed by atoms with E-state index in [2.05, 4.69) is 14.9 Å². The first-order chi connectivity index (χ1) is 14.9. The molecule has 31 heavy (non-hydrogen) atoms. The molecule has 11 heteroatoms. The van der Waals surface area contributed by atoms with Crippen LogP contribution in [0.5, 0.6) is 5.75 Å². The summed E-state index contributed by atoms with van der Waals surface area (Å²) in [5.74, 6) is -0.151. The molecule has 4 rings (SSSR count). The highest BCUT2D eigenvalue weighted by Gasteiger charge is 2.24. The number of piperidine rings is 1. The molecule has 3 heterocycles. The second kappa shape index (κ2) is 8.84. The van der Waals surface area contributed by atoms with Crippen LogP contribution in [-0.2, 0) is 16.1 Å². The van der Waals surface area contributed by atoms with Gasteiger partial charge in [-0.3, -0.25) is 14.3 Å². The van der Waals surface area contributed by atoms with Gasteiger partial charge in [0.05, 0.1) is 6.20 Å². The molecule has 0 N–H and O–H groups in total. The summed E-state index contributed by atoms with van der Waals surface area (Å²) in [6.07, 6.45) is 5.51. The lowest BCUT2D eigenvalue weighted by Gasteiger charge is -2.25. The fourth-order valence-corrected chi connectivity index (χ4v) is 3.56. The Kier molecular flexibility index (Phi) is 5.99. The van der Waals surface area contributed by atoms with Crippen LogP contribution in [0, 0.1) is 0 Å². The molecule has 1 fully saturated rings. The maximum atomic E-state index is 12.9. The Morgan fingerprint density at radius 1 is 1.26 bits per heavy atom. The number of alkyl halides is 2.